The lowest BCUT2D eigenvalue weighted by Crippen LogP contribution is -2.58. The minimum Gasteiger partial charge on any atom is -0.468 e. The van der Waals surface area contributed by atoms with Crippen molar-refractivity contribution in [2.24, 2.45) is 0 Å². The summed E-state index contributed by atoms with van der Waals surface area (Å²) in [5.74, 6) is 1.00. The van der Waals surface area contributed by atoms with E-state index in [1.54, 1.807) is 17.6 Å². The molecule has 2 aliphatic heterocycles. The molecule has 4 heterocycles. The van der Waals surface area contributed by atoms with Crippen LogP contribution in [0.4, 0.5) is 0 Å². The van der Waals surface area contributed by atoms with Gasteiger partial charge in [-0.2, -0.15) is 0 Å². The number of nitrogens with zero attached hydrogens (tertiary/aromatic N) is 3. The molecule has 0 unspecified atom stereocenters. The highest BCUT2D eigenvalue weighted by molar-refractivity contribution is 7.09. The molecule has 0 N–H and O–H groups in total. The Hall–Kier alpha value is -1.25. The van der Waals surface area contributed by atoms with Gasteiger partial charge < -0.3 is 13.9 Å². The van der Waals surface area contributed by atoms with E-state index in [-0.39, 0.29) is 5.60 Å². The van der Waals surface area contributed by atoms with Crippen LogP contribution >= 0.6 is 11.3 Å². The van der Waals surface area contributed by atoms with Crippen LogP contribution < -0.4 is 0 Å². The number of ether oxygens (including phenoxy) is 2. The van der Waals surface area contributed by atoms with Gasteiger partial charge in [-0.25, -0.2) is 4.98 Å². The zero-order chi connectivity index (χ0) is 17.1. The van der Waals surface area contributed by atoms with Gasteiger partial charge in [-0.05, 0) is 19.1 Å². The lowest BCUT2D eigenvalue weighted by atomic mass is 10.0. The summed E-state index contributed by atoms with van der Waals surface area (Å²) in [5.41, 5.74) is 0.870. The van der Waals surface area contributed by atoms with Crippen molar-refractivity contribution in [2.75, 3.05) is 46.0 Å². The summed E-state index contributed by atoms with van der Waals surface area (Å²) in [7, 11) is 0. The quantitative estimate of drug-likeness (QED) is 0.830. The zero-order valence-electron chi connectivity index (χ0n) is 14.6. The first kappa shape index (κ1) is 17.2. The predicted molar refractivity (Wildman–Crippen MR) is 95.6 cm³/mol. The van der Waals surface area contributed by atoms with Crippen LogP contribution in [0.15, 0.2) is 28.2 Å². The Bertz CT molecular complexity index is 675. The molecule has 2 aliphatic rings. The maximum atomic E-state index is 6.25. The molecule has 2 fully saturated rings. The van der Waals surface area contributed by atoms with Crippen LogP contribution in [0.5, 0.6) is 0 Å². The Morgan fingerprint density at radius 1 is 1.20 bits per heavy atom. The summed E-state index contributed by atoms with van der Waals surface area (Å²) >= 11 is 1.71. The Kier molecular flexibility index (Phi) is 5.19. The minimum atomic E-state index is -0.271. The van der Waals surface area contributed by atoms with Crippen LogP contribution in [-0.4, -0.2) is 66.4 Å². The number of aromatic nitrogens is 1. The maximum Gasteiger partial charge on any atom is 0.117 e. The smallest absolute Gasteiger partial charge is 0.117 e. The summed E-state index contributed by atoms with van der Waals surface area (Å²) in [6.45, 7) is 9.43. The van der Waals surface area contributed by atoms with Gasteiger partial charge in [-0.3, -0.25) is 9.80 Å². The minimum absolute atomic E-state index is 0.271. The van der Waals surface area contributed by atoms with Gasteiger partial charge in [0.05, 0.1) is 43.3 Å². The average molecular weight is 363 g/mol. The molecule has 0 radical (unpaired) electrons. The Labute approximate surface area is 152 Å². The highest BCUT2D eigenvalue weighted by Crippen LogP contribution is 2.25. The molecule has 0 bridgehead atoms. The second-order valence-electron chi connectivity index (χ2n) is 6.94. The van der Waals surface area contributed by atoms with Crippen molar-refractivity contribution >= 4 is 11.3 Å². The number of aryl methyl sites for hydroxylation is 1. The molecule has 2 saturated heterocycles. The van der Waals surface area contributed by atoms with Crippen LogP contribution in [0.25, 0.3) is 0 Å². The first-order valence-corrected chi connectivity index (χ1v) is 9.69. The van der Waals surface area contributed by atoms with Gasteiger partial charge in [0.15, 0.2) is 0 Å². The summed E-state index contributed by atoms with van der Waals surface area (Å²) in [4.78, 5) is 9.43. The molecular formula is C18H25N3O3S. The van der Waals surface area contributed by atoms with E-state index in [1.165, 1.54) is 0 Å². The molecular weight excluding hydrogens is 338 g/mol. The van der Waals surface area contributed by atoms with Gasteiger partial charge >= 0.3 is 0 Å². The lowest BCUT2D eigenvalue weighted by Gasteiger charge is -2.43. The predicted octanol–water partition coefficient (Wildman–Crippen LogP) is 2.15. The zero-order valence-corrected chi connectivity index (χ0v) is 15.5. The molecule has 136 valence electrons. The van der Waals surface area contributed by atoms with Gasteiger partial charge in [-0.1, -0.05) is 0 Å². The van der Waals surface area contributed by atoms with Crippen molar-refractivity contribution in [2.45, 2.75) is 25.6 Å². The van der Waals surface area contributed by atoms with E-state index in [4.69, 9.17) is 13.9 Å². The van der Waals surface area contributed by atoms with E-state index in [0.29, 0.717) is 6.61 Å². The topological polar surface area (TPSA) is 51.0 Å². The number of rotatable bonds is 4. The molecule has 25 heavy (non-hydrogen) atoms. The third-order valence-electron chi connectivity index (χ3n) is 4.77. The first-order chi connectivity index (χ1) is 12.2. The molecule has 0 aliphatic carbocycles. The standard InChI is InChI=1S/C18H25N3O3S/c1-15-19-16(11-25-15)9-20-4-7-22-14-18(12-20)13-21(5-8-24-18)10-17-3-2-6-23-17/h2-3,6,11H,4-5,7-10,12-14H2,1H3/t18-/m1/s1. The van der Waals surface area contributed by atoms with E-state index in [2.05, 4.69) is 27.1 Å². The third-order valence-corrected chi connectivity index (χ3v) is 5.59. The average Bonchev–Trinajstić information content (AvgIpc) is 3.19. The molecule has 1 atom stereocenters. The summed E-state index contributed by atoms with van der Waals surface area (Å²) in [5, 5.41) is 3.27. The van der Waals surface area contributed by atoms with Gasteiger partial charge in [-0.15, -0.1) is 11.3 Å². The Morgan fingerprint density at radius 2 is 2.04 bits per heavy atom. The lowest BCUT2D eigenvalue weighted by molar-refractivity contribution is -0.144. The monoisotopic (exact) mass is 363 g/mol. The van der Waals surface area contributed by atoms with Crippen LogP contribution in [0.1, 0.15) is 16.5 Å². The van der Waals surface area contributed by atoms with Crippen LogP contribution in [0, 0.1) is 6.92 Å². The second-order valence-corrected chi connectivity index (χ2v) is 8.00. The van der Waals surface area contributed by atoms with E-state index in [1.807, 2.05) is 12.1 Å². The van der Waals surface area contributed by atoms with Crippen molar-refractivity contribution in [3.8, 4) is 0 Å². The summed E-state index contributed by atoms with van der Waals surface area (Å²) in [6, 6.07) is 3.97. The van der Waals surface area contributed by atoms with Crippen molar-refractivity contribution in [1.82, 2.24) is 14.8 Å². The summed E-state index contributed by atoms with van der Waals surface area (Å²) in [6.07, 6.45) is 1.73. The Morgan fingerprint density at radius 3 is 2.80 bits per heavy atom. The fraction of sp³-hybridized carbons (Fsp3) is 0.611. The number of hydrogen-bond acceptors (Lipinski definition) is 7. The molecule has 6 nitrogen and oxygen atoms in total. The maximum absolute atomic E-state index is 6.25. The van der Waals surface area contributed by atoms with Gasteiger partial charge in [0.25, 0.3) is 0 Å². The van der Waals surface area contributed by atoms with E-state index in [9.17, 15) is 0 Å². The van der Waals surface area contributed by atoms with Crippen molar-refractivity contribution in [3.63, 3.8) is 0 Å². The highest BCUT2D eigenvalue weighted by atomic mass is 32.1. The Balaban J connectivity index is 1.43. The summed E-state index contributed by atoms with van der Waals surface area (Å²) < 4.78 is 17.7. The van der Waals surface area contributed by atoms with Crippen LogP contribution in [0.2, 0.25) is 0 Å². The van der Waals surface area contributed by atoms with E-state index < -0.39 is 0 Å². The van der Waals surface area contributed by atoms with Gasteiger partial charge in [0.1, 0.15) is 11.4 Å². The SMILES string of the molecule is Cc1nc(CN2CCOC[C@@]3(C2)CN(Cc2ccco2)CCO3)cs1. The van der Waals surface area contributed by atoms with Crippen molar-refractivity contribution in [3.05, 3.63) is 40.2 Å². The van der Waals surface area contributed by atoms with Crippen molar-refractivity contribution in [1.29, 1.82) is 0 Å². The fourth-order valence-corrected chi connectivity index (χ4v) is 4.30. The molecule has 0 saturated carbocycles. The number of thiazole rings is 1. The molecule has 0 amide bonds. The van der Waals surface area contributed by atoms with Crippen molar-refractivity contribution < 1.29 is 13.9 Å². The fourth-order valence-electron chi connectivity index (χ4n) is 3.69. The third kappa shape index (κ3) is 4.30. The largest absolute Gasteiger partial charge is 0.468 e. The first-order valence-electron chi connectivity index (χ1n) is 8.81. The van der Waals surface area contributed by atoms with Crippen LogP contribution in [0.3, 0.4) is 0 Å². The number of morpholine rings is 1. The molecule has 0 aromatic carbocycles. The van der Waals surface area contributed by atoms with E-state index in [0.717, 1.165) is 68.9 Å². The highest BCUT2D eigenvalue weighted by Gasteiger charge is 2.40. The molecule has 2 aromatic rings. The molecule has 7 heteroatoms. The number of furan rings is 1. The van der Waals surface area contributed by atoms with Gasteiger partial charge in [0.2, 0.25) is 0 Å². The second kappa shape index (κ2) is 7.55. The molecule has 4 rings (SSSR count). The van der Waals surface area contributed by atoms with Gasteiger partial charge in [0, 0.05) is 38.1 Å². The van der Waals surface area contributed by atoms with Crippen LogP contribution in [-0.2, 0) is 22.6 Å². The number of hydrogen-bond donors (Lipinski definition) is 0. The molecule has 1 spiro atoms. The van der Waals surface area contributed by atoms with E-state index >= 15 is 0 Å². The molecule has 2 aromatic heterocycles. The normalized spacial score (nSPS) is 26.1.